The topological polar surface area (TPSA) is 84.6 Å². The fourth-order valence-electron chi connectivity index (χ4n) is 3.49. The molecule has 8 heteroatoms. The molecule has 7 nitrogen and oxygen atoms in total. The molecule has 0 unspecified atom stereocenters. The average Bonchev–Trinajstić information content (AvgIpc) is 3.31. The Labute approximate surface area is 181 Å². The second kappa shape index (κ2) is 7.79. The van der Waals surface area contributed by atoms with E-state index in [0.717, 1.165) is 26.4 Å². The highest BCUT2D eigenvalue weighted by Crippen LogP contribution is 2.28. The van der Waals surface area contributed by atoms with Gasteiger partial charge in [-0.25, -0.2) is 4.79 Å². The van der Waals surface area contributed by atoms with Crippen LogP contribution in [0.4, 0.5) is 4.79 Å². The van der Waals surface area contributed by atoms with E-state index < -0.39 is 17.8 Å². The van der Waals surface area contributed by atoms with Crippen molar-refractivity contribution in [1.82, 2.24) is 14.8 Å². The van der Waals surface area contributed by atoms with Gasteiger partial charge in [0.05, 0.1) is 18.5 Å². The maximum atomic E-state index is 12.9. The molecule has 0 saturated carbocycles. The lowest BCUT2D eigenvalue weighted by molar-refractivity contribution is -0.130. The van der Waals surface area contributed by atoms with Crippen LogP contribution in [0.25, 0.3) is 11.8 Å². The summed E-state index contributed by atoms with van der Waals surface area (Å²) in [5.41, 5.74) is 3.37. The lowest BCUT2D eigenvalue weighted by atomic mass is 10.1. The highest BCUT2D eigenvalue weighted by molar-refractivity contribution is 9.10. The number of barbiturate groups is 1. The highest BCUT2D eigenvalue weighted by Gasteiger charge is 2.36. The minimum atomic E-state index is -0.766. The van der Waals surface area contributed by atoms with Gasteiger partial charge in [-0.05, 0) is 71.7 Å². The van der Waals surface area contributed by atoms with Crippen LogP contribution >= 0.6 is 15.9 Å². The van der Waals surface area contributed by atoms with Crippen LogP contribution in [0, 0.1) is 13.8 Å². The van der Waals surface area contributed by atoms with Crippen molar-refractivity contribution in [2.24, 2.45) is 0 Å². The first kappa shape index (κ1) is 19.9. The van der Waals surface area contributed by atoms with Crippen LogP contribution in [0.2, 0.25) is 0 Å². The summed E-state index contributed by atoms with van der Waals surface area (Å²) < 4.78 is 8.18. The summed E-state index contributed by atoms with van der Waals surface area (Å²) >= 11 is 3.56. The molecule has 3 aromatic rings. The number of carbonyl (C=O) groups excluding carboxylic acids is 3. The first-order valence-corrected chi connectivity index (χ1v) is 10.0. The number of carbonyl (C=O) groups is 3. The number of nitrogens with one attached hydrogen (secondary N) is 1. The number of halogens is 1. The first-order valence-electron chi connectivity index (χ1n) is 9.22. The Balaban J connectivity index is 1.72. The molecule has 152 valence electrons. The molecule has 4 amide bonds. The number of urea groups is 1. The SMILES string of the molecule is Cc1cc(C=C2C(=O)NC(=O)N(Cc3ccco3)C2=O)c(C)n1-c1ccccc1Br. The Hall–Kier alpha value is -3.39. The molecule has 0 spiro atoms. The van der Waals surface area contributed by atoms with Crippen molar-refractivity contribution in [1.29, 1.82) is 0 Å². The van der Waals surface area contributed by atoms with Crippen molar-refractivity contribution in [3.8, 4) is 5.69 Å². The molecule has 2 aromatic heterocycles. The number of benzene rings is 1. The van der Waals surface area contributed by atoms with Crippen molar-refractivity contribution in [3.05, 3.63) is 81.5 Å². The minimum absolute atomic E-state index is 0.0573. The van der Waals surface area contributed by atoms with E-state index in [1.165, 1.54) is 12.3 Å². The number of hydrogen-bond acceptors (Lipinski definition) is 4. The third-order valence-corrected chi connectivity index (χ3v) is 5.61. The average molecular weight is 468 g/mol. The molecule has 30 heavy (non-hydrogen) atoms. The summed E-state index contributed by atoms with van der Waals surface area (Å²) in [6.45, 7) is 3.80. The Kier molecular flexibility index (Phi) is 5.17. The molecule has 3 heterocycles. The molecule has 1 saturated heterocycles. The van der Waals surface area contributed by atoms with Gasteiger partial charge in [0.25, 0.3) is 11.8 Å². The molecule has 0 radical (unpaired) electrons. The number of amides is 4. The van der Waals surface area contributed by atoms with E-state index in [-0.39, 0.29) is 12.1 Å². The Morgan fingerprint density at radius 2 is 1.87 bits per heavy atom. The van der Waals surface area contributed by atoms with E-state index in [1.807, 2.05) is 48.7 Å². The summed E-state index contributed by atoms with van der Waals surface area (Å²) in [4.78, 5) is 38.5. The Morgan fingerprint density at radius 3 is 2.57 bits per heavy atom. The summed E-state index contributed by atoms with van der Waals surface area (Å²) in [7, 11) is 0. The van der Waals surface area contributed by atoms with Gasteiger partial charge in [-0.3, -0.25) is 19.8 Å². The van der Waals surface area contributed by atoms with Gasteiger partial charge >= 0.3 is 6.03 Å². The summed E-state index contributed by atoms with van der Waals surface area (Å²) in [5.74, 6) is -0.934. The number of imide groups is 2. The zero-order valence-corrected chi connectivity index (χ0v) is 17.9. The van der Waals surface area contributed by atoms with Gasteiger partial charge in [-0.2, -0.15) is 0 Å². The van der Waals surface area contributed by atoms with E-state index in [4.69, 9.17) is 4.42 Å². The molecular formula is C22H18BrN3O4. The summed E-state index contributed by atoms with van der Waals surface area (Å²) in [6, 6.07) is 12.2. The third kappa shape index (κ3) is 3.50. The van der Waals surface area contributed by atoms with Gasteiger partial charge in [0.1, 0.15) is 11.3 Å². The quantitative estimate of drug-likeness (QED) is 0.462. The zero-order valence-electron chi connectivity index (χ0n) is 16.3. The molecule has 4 rings (SSSR count). The first-order chi connectivity index (χ1) is 14.4. The van der Waals surface area contributed by atoms with Crippen molar-refractivity contribution in [3.63, 3.8) is 0 Å². The van der Waals surface area contributed by atoms with Crippen molar-refractivity contribution in [2.45, 2.75) is 20.4 Å². The second-order valence-corrected chi connectivity index (χ2v) is 7.76. The van der Waals surface area contributed by atoms with Crippen molar-refractivity contribution < 1.29 is 18.8 Å². The van der Waals surface area contributed by atoms with Crippen molar-refractivity contribution >= 4 is 39.9 Å². The van der Waals surface area contributed by atoms with Crippen molar-refractivity contribution in [2.75, 3.05) is 0 Å². The predicted octanol–water partition coefficient (Wildman–Crippen LogP) is 4.11. The van der Waals surface area contributed by atoms with Crippen LogP contribution in [-0.4, -0.2) is 27.3 Å². The number of rotatable bonds is 4. The second-order valence-electron chi connectivity index (χ2n) is 6.90. The van der Waals surface area contributed by atoms with Crippen LogP contribution < -0.4 is 5.32 Å². The molecule has 1 aliphatic rings. The molecule has 0 bridgehead atoms. The number of aryl methyl sites for hydroxylation is 1. The highest BCUT2D eigenvalue weighted by atomic mass is 79.9. The van der Waals surface area contributed by atoms with Gasteiger partial charge < -0.3 is 8.98 Å². The molecule has 1 fully saturated rings. The Bertz CT molecular complexity index is 1190. The predicted molar refractivity (Wildman–Crippen MR) is 114 cm³/mol. The number of furan rings is 1. The molecule has 0 aliphatic carbocycles. The van der Waals surface area contributed by atoms with Gasteiger partial charge in [-0.1, -0.05) is 12.1 Å². The fraction of sp³-hybridized carbons (Fsp3) is 0.136. The number of para-hydroxylation sites is 1. The van der Waals surface area contributed by atoms with E-state index in [1.54, 1.807) is 12.1 Å². The molecule has 0 atom stereocenters. The van der Waals surface area contributed by atoms with E-state index in [2.05, 4.69) is 21.2 Å². The van der Waals surface area contributed by atoms with Gasteiger partial charge in [0, 0.05) is 15.9 Å². The molecule has 1 N–H and O–H groups in total. The zero-order chi connectivity index (χ0) is 21.4. The van der Waals surface area contributed by atoms with E-state index >= 15 is 0 Å². The van der Waals surface area contributed by atoms with Gasteiger partial charge in [-0.15, -0.1) is 0 Å². The monoisotopic (exact) mass is 467 g/mol. The maximum Gasteiger partial charge on any atom is 0.331 e. The lowest BCUT2D eigenvalue weighted by Gasteiger charge is -2.25. The third-order valence-electron chi connectivity index (χ3n) is 4.94. The fourth-order valence-corrected chi connectivity index (χ4v) is 3.95. The number of hydrogen-bond donors (Lipinski definition) is 1. The molecule has 1 aliphatic heterocycles. The standard InChI is InChI=1S/C22H18BrN3O4/c1-13-10-15(14(2)26(13)19-8-4-3-7-18(19)23)11-17-20(27)24-22(29)25(21(17)28)12-16-6-5-9-30-16/h3-11H,12H2,1-2H3,(H,24,27,29). The van der Waals surface area contributed by atoms with Gasteiger partial charge in [0.2, 0.25) is 0 Å². The van der Waals surface area contributed by atoms with Gasteiger partial charge in [0.15, 0.2) is 0 Å². The maximum absolute atomic E-state index is 12.9. The van der Waals surface area contributed by atoms with Crippen LogP contribution in [0.5, 0.6) is 0 Å². The van der Waals surface area contributed by atoms with E-state index in [0.29, 0.717) is 11.3 Å². The van der Waals surface area contributed by atoms with Crippen LogP contribution in [0.15, 0.2) is 63.2 Å². The van der Waals surface area contributed by atoms with Crippen LogP contribution in [-0.2, 0) is 16.1 Å². The number of nitrogens with zero attached hydrogens (tertiary/aromatic N) is 2. The largest absolute Gasteiger partial charge is 0.467 e. The van der Waals surface area contributed by atoms with Crippen LogP contribution in [0.3, 0.4) is 0 Å². The normalized spacial score (nSPS) is 15.8. The van der Waals surface area contributed by atoms with Crippen LogP contribution in [0.1, 0.15) is 22.7 Å². The molecular weight excluding hydrogens is 450 g/mol. The Morgan fingerprint density at radius 1 is 1.10 bits per heavy atom. The molecule has 1 aromatic carbocycles. The lowest BCUT2D eigenvalue weighted by Crippen LogP contribution is -2.53. The summed E-state index contributed by atoms with van der Waals surface area (Å²) in [6.07, 6.45) is 2.98. The smallest absolute Gasteiger partial charge is 0.331 e. The minimum Gasteiger partial charge on any atom is -0.467 e. The van der Waals surface area contributed by atoms with E-state index in [9.17, 15) is 14.4 Å². The summed E-state index contributed by atoms with van der Waals surface area (Å²) in [5, 5.41) is 2.23. The number of aromatic nitrogens is 1.